The van der Waals surface area contributed by atoms with Gasteiger partial charge in [-0.05, 0) is 49.9 Å². The Bertz CT molecular complexity index is 1080. The molecule has 2 heterocycles. The Balaban J connectivity index is 2.00. The molecule has 0 unspecified atom stereocenters. The van der Waals surface area contributed by atoms with Crippen molar-refractivity contribution in [2.24, 2.45) is 5.92 Å². The summed E-state index contributed by atoms with van der Waals surface area (Å²) in [6.07, 6.45) is 3.89. The maximum Gasteiger partial charge on any atom is 0.272 e. The van der Waals surface area contributed by atoms with Gasteiger partial charge in [0.15, 0.2) is 0 Å². The van der Waals surface area contributed by atoms with Gasteiger partial charge in [0.25, 0.3) is 5.56 Å². The number of aromatic nitrogens is 3. The molecule has 2 aromatic heterocycles. The lowest BCUT2D eigenvalue weighted by Crippen LogP contribution is -2.31. The zero-order chi connectivity index (χ0) is 19.1. The number of hydrogen-bond acceptors (Lipinski definition) is 4. The van der Waals surface area contributed by atoms with E-state index in [1.54, 1.807) is 32.4 Å². The second-order valence-electron chi connectivity index (χ2n) is 6.88. The van der Waals surface area contributed by atoms with E-state index in [4.69, 9.17) is 27.9 Å². The van der Waals surface area contributed by atoms with Gasteiger partial charge in [0.1, 0.15) is 11.2 Å². The molecule has 0 amide bonds. The fourth-order valence-corrected chi connectivity index (χ4v) is 4.03. The third-order valence-electron chi connectivity index (χ3n) is 4.99. The molecule has 5 nitrogen and oxygen atoms in total. The van der Waals surface area contributed by atoms with E-state index in [0.717, 1.165) is 23.9 Å². The van der Waals surface area contributed by atoms with Gasteiger partial charge in [-0.3, -0.25) is 14.3 Å². The number of benzene rings is 1. The molecular formula is C20H19Cl2N3O2. The van der Waals surface area contributed by atoms with Gasteiger partial charge in [0.2, 0.25) is 0 Å². The highest BCUT2D eigenvalue weighted by molar-refractivity contribution is 6.36. The van der Waals surface area contributed by atoms with Crippen LogP contribution >= 0.6 is 23.2 Å². The highest BCUT2D eigenvalue weighted by atomic mass is 35.5. The van der Waals surface area contributed by atoms with E-state index < -0.39 is 0 Å². The van der Waals surface area contributed by atoms with Crippen molar-refractivity contribution in [2.75, 3.05) is 13.7 Å². The Morgan fingerprint density at radius 1 is 1.30 bits per heavy atom. The first-order valence-electron chi connectivity index (χ1n) is 8.83. The van der Waals surface area contributed by atoms with Crippen molar-refractivity contribution in [3.63, 3.8) is 0 Å². The van der Waals surface area contributed by atoms with Gasteiger partial charge in [-0.25, -0.2) is 4.98 Å². The summed E-state index contributed by atoms with van der Waals surface area (Å²) in [6, 6.07) is 7.10. The minimum Gasteiger partial charge on any atom is -0.383 e. The fraction of sp³-hybridized carbons (Fsp3) is 0.350. The summed E-state index contributed by atoms with van der Waals surface area (Å²) in [5.41, 5.74) is 3.12. The van der Waals surface area contributed by atoms with Crippen LogP contribution in [0, 0.1) is 12.8 Å². The number of fused-ring (bicyclic) bond motifs is 1. The van der Waals surface area contributed by atoms with Crippen molar-refractivity contribution in [2.45, 2.75) is 25.8 Å². The number of ether oxygens (including phenoxy) is 1. The van der Waals surface area contributed by atoms with Gasteiger partial charge in [-0.2, -0.15) is 0 Å². The van der Waals surface area contributed by atoms with Gasteiger partial charge < -0.3 is 4.74 Å². The Morgan fingerprint density at radius 3 is 2.74 bits per heavy atom. The predicted molar refractivity (Wildman–Crippen MR) is 108 cm³/mol. The average Bonchev–Trinajstić information content (AvgIpc) is 3.46. The number of pyridine rings is 1. The van der Waals surface area contributed by atoms with Crippen LogP contribution in [0.3, 0.4) is 0 Å². The second kappa shape index (κ2) is 7.23. The molecule has 1 aliphatic rings. The maximum absolute atomic E-state index is 13.0. The first kappa shape index (κ1) is 18.4. The van der Waals surface area contributed by atoms with E-state index in [1.807, 2.05) is 16.7 Å². The van der Waals surface area contributed by atoms with Gasteiger partial charge >= 0.3 is 0 Å². The molecule has 1 aromatic carbocycles. The lowest BCUT2D eigenvalue weighted by molar-refractivity contribution is 0.145. The maximum atomic E-state index is 13.0. The van der Waals surface area contributed by atoms with Crippen LogP contribution < -0.4 is 5.56 Å². The molecule has 140 valence electrons. The number of hydrogen-bond donors (Lipinski definition) is 0. The largest absolute Gasteiger partial charge is 0.383 e. The van der Waals surface area contributed by atoms with Crippen LogP contribution in [0.2, 0.25) is 10.0 Å². The zero-order valence-corrected chi connectivity index (χ0v) is 16.6. The highest BCUT2D eigenvalue weighted by Gasteiger charge is 2.34. The molecule has 7 heteroatoms. The predicted octanol–water partition coefficient (Wildman–Crippen LogP) is 4.67. The van der Waals surface area contributed by atoms with Crippen LogP contribution in [0.15, 0.2) is 35.3 Å². The van der Waals surface area contributed by atoms with E-state index in [0.29, 0.717) is 39.5 Å². The molecule has 27 heavy (non-hydrogen) atoms. The molecule has 4 rings (SSSR count). The van der Waals surface area contributed by atoms with Crippen LogP contribution in [0.1, 0.15) is 24.6 Å². The quantitative estimate of drug-likeness (QED) is 0.620. The first-order valence-corrected chi connectivity index (χ1v) is 9.59. The summed E-state index contributed by atoms with van der Waals surface area (Å²) in [5.74, 6) is 0.448. The summed E-state index contributed by atoms with van der Waals surface area (Å²) in [6.45, 7) is 2.22. The molecule has 0 spiro atoms. The van der Waals surface area contributed by atoms with E-state index in [9.17, 15) is 4.79 Å². The summed E-state index contributed by atoms with van der Waals surface area (Å²) in [4.78, 5) is 22.0. The van der Waals surface area contributed by atoms with Crippen molar-refractivity contribution in [1.29, 1.82) is 0 Å². The molecule has 0 N–H and O–H groups in total. The van der Waals surface area contributed by atoms with Crippen molar-refractivity contribution in [3.8, 4) is 11.3 Å². The first-order chi connectivity index (χ1) is 13.0. The SMILES string of the molecule is COC[C@@H](C1CC1)n1c(=O)c(C)nc2c(-c3ccc(Cl)cc3Cl)nccc21. The summed E-state index contributed by atoms with van der Waals surface area (Å²) in [7, 11) is 1.66. The molecule has 3 aromatic rings. The second-order valence-corrected chi connectivity index (χ2v) is 7.73. The third kappa shape index (κ3) is 3.35. The van der Waals surface area contributed by atoms with Gasteiger partial charge in [-0.1, -0.05) is 23.2 Å². The molecule has 0 saturated heterocycles. The normalized spacial score (nSPS) is 15.3. The van der Waals surface area contributed by atoms with Gasteiger partial charge in [-0.15, -0.1) is 0 Å². The van der Waals surface area contributed by atoms with E-state index in [1.165, 1.54) is 0 Å². The molecule has 1 fully saturated rings. The number of halogens is 2. The summed E-state index contributed by atoms with van der Waals surface area (Å²) in [5, 5.41) is 1.05. The Morgan fingerprint density at radius 2 is 2.07 bits per heavy atom. The van der Waals surface area contributed by atoms with E-state index >= 15 is 0 Å². The molecule has 0 radical (unpaired) electrons. The molecule has 0 aliphatic heterocycles. The zero-order valence-electron chi connectivity index (χ0n) is 15.1. The number of rotatable bonds is 5. The molecule has 1 saturated carbocycles. The fourth-order valence-electron chi connectivity index (χ4n) is 3.53. The van der Waals surface area contributed by atoms with Crippen molar-refractivity contribution >= 4 is 34.2 Å². The third-order valence-corrected chi connectivity index (χ3v) is 5.54. The monoisotopic (exact) mass is 403 g/mol. The van der Waals surface area contributed by atoms with Gasteiger partial charge in [0, 0.05) is 23.9 Å². The molecule has 0 bridgehead atoms. The van der Waals surface area contributed by atoms with Crippen molar-refractivity contribution in [1.82, 2.24) is 14.5 Å². The van der Waals surface area contributed by atoms with E-state index in [2.05, 4.69) is 9.97 Å². The lowest BCUT2D eigenvalue weighted by Gasteiger charge is -2.22. The van der Waals surface area contributed by atoms with Crippen molar-refractivity contribution in [3.05, 3.63) is 56.6 Å². The number of aryl methyl sites for hydroxylation is 1. The lowest BCUT2D eigenvalue weighted by atomic mass is 10.1. The van der Waals surface area contributed by atoms with Crippen LogP contribution in [-0.2, 0) is 4.74 Å². The van der Waals surface area contributed by atoms with Crippen LogP contribution in [0.5, 0.6) is 0 Å². The van der Waals surface area contributed by atoms with Crippen molar-refractivity contribution < 1.29 is 4.74 Å². The topological polar surface area (TPSA) is 57.0 Å². The highest BCUT2D eigenvalue weighted by Crippen LogP contribution is 2.41. The molecule has 1 atom stereocenters. The van der Waals surface area contributed by atoms with Crippen LogP contribution in [0.25, 0.3) is 22.3 Å². The number of nitrogens with zero attached hydrogens (tertiary/aromatic N) is 3. The smallest absolute Gasteiger partial charge is 0.272 e. The Kier molecular flexibility index (Phi) is 4.93. The van der Waals surface area contributed by atoms with Gasteiger partial charge in [0.05, 0.1) is 28.9 Å². The molecular weight excluding hydrogens is 385 g/mol. The standard InChI is InChI=1S/C20H19Cl2N3O2/c1-11-20(26)25(17(10-27-2)12-3-4-12)16-7-8-23-18(19(16)24-11)14-6-5-13(21)9-15(14)22/h5-9,12,17H,3-4,10H2,1-2H3/t17-/m0/s1. The van der Waals surface area contributed by atoms with E-state index in [-0.39, 0.29) is 11.6 Å². The Hall–Kier alpha value is -1.95. The summed E-state index contributed by atoms with van der Waals surface area (Å²) < 4.78 is 7.25. The molecule has 1 aliphatic carbocycles. The van der Waals surface area contributed by atoms with Crippen LogP contribution in [-0.4, -0.2) is 28.3 Å². The average molecular weight is 404 g/mol. The minimum atomic E-state index is -0.0872. The summed E-state index contributed by atoms with van der Waals surface area (Å²) >= 11 is 12.4. The number of methoxy groups -OCH3 is 1. The van der Waals surface area contributed by atoms with Crippen LogP contribution in [0.4, 0.5) is 0 Å². The Labute approximate surface area is 166 Å². The minimum absolute atomic E-state index is 0.0114.